The van der Waals surface area contributed by atoms with Crippen molar-refractivity contribution in [3.63, 3.8) is 0 Å². The van der Waals surface area contributed by atoms with E-state index in [0.29, 0.717) is 19.0 Å². The highest BCUT2D eigenvalue weighted by Crippen LogP contribution is 2.23. The maximum absolute atomic E-state index is 13.2. The van der Waals surface area contributed by atoms with Gasteiger partial charge in [-0.25, -0.2) is 14.4 Å². The van der Waals surface area contributed by atoms with Crippen LogP contribution in [0.4, 0.5) is 16.0 Å². The summed E-state index contributed by atoms with van der Waals surface area (Å²) in [6.45, 7) is 8.20. The maximum atomic E-state index is 13.2. The SMILES string of the molecule is CCN(CC)c1ccc(CNC(=O)[C@H]2CCCN(c3ncc(-c4ccc(F)cc4)cn3)C2)cc1. The molecule has 1 fully saturated rings. The van der Waals surface area contributed by atoms with Crippen LogP contribution in [0.1, 0.15) is 32.3 Å². The Morgan fingerprint density at radius 1 is 1.03 bits per heavy atom. The Kier molecular flexibility index (Phi) is 7.72. The molecule has 0 unspecified atom stereocenters. The largest absolute Gasteiger partial charge is 0.372 e. The smallest absolute Gasteiger partial charge is 0.225 e. The van der Waals surface area contributed by atoms with Gasteiger partial charge in [0, 0.05) is 56.4 Å². The van der Waals surface area contributed by atoms with Crippen molar-refractivity contribution in [1.82, 2.24) is 15.3 Å². The lowest BCUT2D eigenvalue weighted by Crippen LogP contribution is -2.43. The Morgan fingerprint density at radius 2 is 1.71 bits per heavy atom. The van der Waals surface area contributed by atoms with Gasteiger partial charge in [-0.2, -0.15) is 0 Å². The fourth-order valence-electron chi connectivity index (χ4n) is 4.40. The van der Waals surface area contributed by atoms with Gasteiger partial charge in [0.25, 0.3) is 0 Å². The van der Waals surface area contributed by atoms with Crippen molar-refractivity contribution in [2.24, 2.45) is 5.92 Å². The Balaban J connectivity index is 1.32. The van der Waals surface area contributed by atoms with Crippen molar-refractivity contribution < 1.29 is 9.18 Å². The number of hydrogen-bond acceptors (Lipinski definition) is 5. The van der Waals surface area contributed by atoms with Crippen LogP contribution >= 0.6 is 0 Å². The minimum Gasteiger partial charge on any atom is -0.372 e. The van der Waals surface area contributed by atoms with Crippen LogP contribution in [0.3, 0.4) is 0 Å². The normalized spacial score (nSPS) is 15.7. The molecule has 34 heavy (non-hydrogen) atoms. The molecule has 3 aromatic rings. The first-order valence-corrected chi connectivity index (χ1v) is 12.0. The van der Waals surface area contributed by atoms with Gasteiger partial charge in [-0.1, -0.05) is 24.3 Å². The predicted molar refractivity (Wildman–Crippen MR) is 134 cm³/mol. The van der Waals surface area contributed by atoms with Gasteiger partial charge in [0.2, 0.25) is 11.9 Å². The predicted octanol–water partition coefficient (Wildman–Crippen LogP) is 4.66. The second-order valence-corrected chi connectivity index (χ2v) is 8.62. The molecule has 7 heteroatoms. The molecule has 6 nitrogen and oxygen atoms in total. The van der Waals surface area contributed by atoms with Crippen molar-refractivity contribution >= 4 is 17.5 Å². The summed E-state index contributed by atoms with van der Waals surface area (Å²) in [5.74, 6) is 0.329. The van der Waals surface area contributed by atoms with Crippen LogP contribution < -0.4 is 15.1 Å². The highest BCUT2D eigenvalue weighted by molar-refractivity contribution is 5.79. The zero-order chi connectivity index (χ0) is 23.9. The van der Waals surface area contributed by atoms with E-state index in [0.717, 1.165) is 49.2 Å². The molecule has 1 amide bonds. The molecule has 0 bridgehead atoms. The zero-order valence-corrected chi connectivity index (χ0v) is 19.9. The van der Waals surface area contributed by atoms with Crippen molar-refractivity contribution in [2.45, 2.75) is 33.2 Å². The van der Waals surface area contributed by atoms with Crippen LogP contribution in [-0.4, -0.2) is 42.1 Å². The number of carbonyl (C=O) groups is 1. The maximum Gasteiger partial charge on any atom is 0.225 e. The summed E-state index contributed by atoms with van der Waals surface area (Å²) in [4.78, 5) is 26.3. The summed E-state index contributed by atoms with van der Waals surface area (Å²) >= 11 is 0. The molecule has 1 aromatic heterocycles. The molecular weight excluding hydrogens is 429 g/mol. The molecule has 2 aromatic carbocycles. The number of piperidine rings is 1. The van der Waals surface area contributed by atoms with Crippen LogP contribution in [0, 0.1) is 11.7 Å². The summed E-state index contributed by atoms with van der Waals surface area (Å²) in [5, 5.41) is 3.10. The summed E-state index contributed by atoms with van der Waals surface area (Å²) in [7, 11) is 0. The third-order valence-corrected chi connectivity index (χ3v) is 6.42. The van der Waals surface area contributed by atoms with Crippen molar-refractivity contribution in [3.05, 3.63) is 72.3 Å². The summed E-state index contributed by atoms with van der Waals surface area (Å²) < 4.78 is 13.2. The molecule has 2 heterocycles. The van der Waals surface area contributed by atoms with Gasteiger partial charge in [-0.3, -0.25) is 4.79 Å². The molecule has 0 saturated carbocycles. The second-order valence-electron chi connectivity index (χ2n) is 8.62. The lowest BCUT2D eigenvalue weighted by molar-refractivity contribution is -0.125. The molecule has 1 N–H and O–H groups in total. The fraction of sp³-hybridized carbons (Fsp3) is 0.370. The average molecular weight is 462 g/mol. The Hall–Kier alpha value is -3.48. The van der Waals surface area contributed by atoms with Crippen molar-refractivity contribution in [1.29, 1.82) is 0 Å². The van der Waals surface area contributed by atoms with Gasteiger partial charge < -0.3 is 15.1 Å². The molecule has 0 spiro atoms. The van der Waals surface area contributed by atoms with Crippen LogP contribution in [0.25, 0.3) is 11.1 Å². The van der Waals surface area contributed by atoms with Crippen LogP contribution in [-0.2, 0) is 11.3 Å². The van der Waals surface area contributed by atoms with E-state index in [-0.39, 0.29) is 17.6 Å². The number of aromatic nitrogens is 2. The molecule has 0 aliphatic carbocycles. The van der Waals surface area contributed by atoms with Crippen molar-refractivity contribution in [3.8, 4) is 11.1 Å². The Morgan fingerprint density at radius 3 is 2.35 bits per heavy atom. The van der Waals surface area contributed by atoms with Crippen LogP contribution in [0.5, 0.6) is 0 Å². The summed E-state index contributed by atoms with van der Waals surface area (Å²) in [5.41, 5.74) is 4.00. The first kappa shape index (κ1) is 23.7. The fourth-order valence-corrected chi connectivity index (χ4v) is 4.40. The van der Waals surface area contributed by atoms with E-state index in [1.54, 1.807) is 24.5 Å². The second kappa shape index (κ2) is 11.1. The number of amides is 1. The molecule has 178 valence electrons. The Labute approximate surface area is 200 Å². The molecule has 4 rings (SSSR count). The number of hydrogen-bond donors (Lipinski definition) is 1. The van der Waals surface area contributed by atoms with E-state index >= 15 is 0 Å². The topological polar surface area (TPSA) is 61.4 Å². The highest BCUT2D eigenvalue weighted by atomic mass is 19.1. The van der Waals surface area contributed by atoms with E-state index in [2.05, 4.69) is 63.2 Å². The van der Waals surface area contributed by atoms with Crippen LogP contribution in [0.2, 0.25) is 0 Å². The number of benzene rings is 2. The highest BCUT2D eigenvalue weighted by Gasteiger charge is 2.27. The molecular formula is C27H32FN5O. The summed E-state index contributed by atoms with van der Waals surface area (Å²) in [6, 6.07) is 14.7. The van der Waals surface area contributed by atoms with E-state index in [4.69, 9.17) is 0 Å². The van der Waals surface area contributed by atoms with E-state index in [1.165, 1.54) is 17.8 Å². The molecule has 1 aliphatic rings. The minimum absolute atomic E-state index is 0.0699. The first-order chi connectivity index (χ1) is 16.6. The summed E-state index contributed by atoms with van der Waals surface area (Å²) in [6.07, 6.45) is 5.28. The lowest BCUT2D eigenvalue weighted by Gasteiger charge is -2.32. The third kappa shape index (κ3) is 5.71. The average Bonchev–Trinajstić information content (AvgIpc) is 2.89. The van der Waals surface area contributed by atoms with Gasteiger partial charge in [-0.05, 0) is 62.1 Å². The van der Waals surface area contributed by atoms with Crippen LogP contribution in [0.15, 0.2) is 60.9 Å². The molecule has 1 saturated heterocycles. The zero-order valence-electron chi connectivity index (χ0n) is 19.9. The van der Waals surface area contributed by atoms with E-state index in [9.17, 15) is 9.18 Å². The number of nitrogens with one attached hydrogen (secondary N) is 1. The number of carbonyl (C=O) groups excluding carboxylic acids is 1. The van der Waals surface area contributed by atoms with Crippen molar-refractivity contribution in [2.75, 3.05) is 36.0 Å². The quantitative estimate of drug-likeness (QED) is 0.529. The third-order valence-electron chi connectivity index (χ3n) is 6.42. The molecule has 1 aliphatic heterocycles. The lowest BCUT2D eigenvalue weighted by atomic mass is 9.97. The van der Waals surface area contributed by atoms with E-state index < -0.39 is 0 Å². The van der Waals surface area contributed by atoms with Gasteiger partial charge in [0.15, 0.2) is 0 Å². The van der Waals surface area contributed by atoms with Gasteiger partial charge in [0.05, 0.1) is 5.92 Å². The Bertz CT molecular complexity index is 1070. The minimum atomic E-state index is -0.268. The van der Waals surface area contributed by atoms with Gasteiger partial charge in [0.1, 0.15) is 5.82 Å². The van der Waals surface area contributed by atoms with Gasteiger partial charge >= 0.3 is 0 Å². The monoisotopic (exact) mass is 461 g/mol. The number of anilines is 2. The van der Waals surface area contributed by atoms with Gasteiger partial charge in [-0.15, -0.1) is 0 Å². The van der Waals surface area contributed by atoms with E-state index in [1.807, 2.05) is 0 Å². The number of halogens is 1. The standard InChI is InChI=1S/C27H32FN5O/c1-3-32(4-2)25-13-7-20(8-14-25)16-29-26(34)22-6-5-15-33(19-22)27-30-17-23(18-31-27)21-9-11-24(28)12-10-21/h7-14,17-18,22H,3-6,15-16,19H2,1-2H3,(H,29,34)/t22-/m0/s1. The first-order valence-electron chi connectivity index (χ1n) is 12.0. The molecule has 0 radical (unpaired) electrons. The number of rotatable bonds is 8. The number of nitrogens with zero attached hydrogens (tertiary/aromatic N) is 4. The molecule has 1 atom stereocenters.